The first-order chi connectivity index (χ1) is 18.9. The molecule has 1 aromatic carbocycles. The zero-order valence-electron chi connectivity index (χ0n) is 23.9. The summed E-state index contributed by atoms with van der Waals surface area (Å²) >= 11 is 0. The number of aryl methyl sites for hydroxylation is 1. The van der Waals surface area contributed by atoms with Crippen LogP contribution in [0.4, 0.5) is 5.82 Å². The maximum atomic E-state index is 12.6. The standard InChI is InChI=1S/C25H33N7O3.C3H8O2/c1-17(2)30(11-6-7-12-32-24(33)19-8-4-5-9-20(19)25(32)34)14-18(35-3)10-13-31-16-29-21-22(26)27-15-28-23(21)31;1-3(2,4)5/h4-5,8-9,15-18H,6-7,10-14H2,1-3H3,(H2,26,27,28);4-5H,1-2H3. The maximum absolute atomic E-state index is 12.6. The molecule has 0 saturated heterocycles. The number of imide groups is 1. The molecule has 0 aliphatic carbocycles. The van der Waals surface area contributed by atoms with Crippen molar-refractivity contribution in [2.75, 3.05) is 32.5 Å². The van der Waals surface area contributed by atoms with Crippen molar-refractivity contribution >= 4 is 28.8 Å². The molecule has 3 heterocycles. The van der Waals surface area contributed by atoms with Gasteiger partial charge in [-0.25, -0.2) is 15.0 Å². The fraction of sp³-hybridized carbons (Fsp3) is 0.536. The van der Waals surface area contributed by atoms with Crippen LogP contribution in [-0.4, -0.2) is 96.0 Å². The van der Waals surface area contributed by atoms with Crippen molar-refractivity contribution < 1.29 is 24.5 Å². The molecule has 1 atom stereocenters. The van der Waals surface area contributed by atoms with Gasteiger partial charge in [0.15, 0.2) is 17.3 Å². The smallest absolute Gasteiger partial charge is 0.261 e. The number of amides is 2. The highest BCUT2D eigenvalue weighted by Crippen LogP contribution is 2.23. The Morgan fingerprint density at radius 2 is 1.65 bits per heavy atom. The van der Waals surface area contributed by atoms with E-state index in [1.807, 2.05) is 4.57 Å². The van der Waals surface area contributed by atoms with E-state index in [1.54, 1.807) is 37.7 Å². The average Bonchev–Trinajstić information content (AvgIpc) is 3.42. The van der Waals surface area contributed by atoms with E-state index in [2.05, 4.69) is 33.7 Å². The van der Waals surface area contributed by atoms with Gasteiger partial charge < -0.3 is 25.3 Å². The van der Waals surface area contributed by atoms with E-state index in [-0.39, 0.29) is 17.9 Å². The number of nitrogens with zero attached hydrogens (tertiary/aromatic N) is 6. The predicted molar refractivity (Wildman–Crippen MR) is 151 cm³/mol. The van der Waals surface area contributed by atoms with Crippen molar-refractivity contribution in [3.8, 4) is 0 Å². The highest BCUT2D eigenvalue weighted by atomic mass is 16.5. The minimum absolute atomic E-state index is 0.0327. The summed E-state index contributed by atoms with van der Waals surface area (Å²) < 4.78 is 7.76. The zero-order chi connectivity index (χ0) is 29.4. The number of imidazole rings is 1. The molecule has 3 aromatic rings. The van der Waals surface area contributed by atoms with Crippen molar-refractivity contribution in [3.05, 3.63) is 48.0 Å². The maximum Gasteiger partial charge on any atom is 0.261 e. The van der Waals surface area contributed by atoms with Crippen LogP contribution >= 0.6 is 0 Å². The molecule has 1 unspecified atom stereocenters. The van der Waals surface area contributed by atoms with Crippen LogP contribution in [0.2, 0.25) is 0 Å². The van der Waals surface area contributed by atoms with Gasteiger partial charge in [0.05, 0.1) is 23.6 Å². The Hall–Kier alpha value is -3.45. The van der Waals surface area contributed by atoms with E-state index in [0.717, 1.165) is 38.0 Å². The first-order valence-electron chi connectivity index (χ1n) is 13.5. The summed E-state index contributed by atoms with van der Waals surface area (Å²) in [5.41, 5.74) is 8.23. The normalized spacial score (nSPS) is 14.2. The summed E-state index contributed by atoms with van der Waals surface area (Å²) in [6, 6.07) is 7.36. The second kappa shape index (κ2) is 13.8. The number of hydrogen-bond acceptors (Lipinski definition) is 10. The Kier molecular flexibility index (Phi) is 10.7. The van der Waals surface area contributed by atoms with Crippen LogP contribution in [0.3, 0.4) is 0 Å². The van der Waals surface area contributed by atoms with Gasteiger partial charge in [-0.2, -0.15) is 0 Å². The summed E-state index contributed by atoms with van der Waals surface area (Å²) in [4.78, 5) is 41.5. The number of rotatable bonds is 12. The Balaban J connectivity index is 0.000000810. The summed E-state index contributed by atoms with van der Waals surface area (Å²) in [6.45, 7) is 9.71. The molecule has 12 heteroatoms. The second-order valence-corrected chi connectivity index (χ2v) is 10.6. The van der Waals surface area contributed by atoms with Gasteiger partial charge in [0.25, 0.3) is 11.8 Å². The molecule has 1 aliphatic heterocycles. The minimum Gasteiger partial charge on any atom is -0.382 e. The molecule has 40 heavy (non-hydrogen) atoms. The van der Waals surface area contributed by atoms with Gasteiger partial charge in [0.2, 0.25) is 0 Å². The molecule has 4 N–H and O–H groups in total. The first kappa shape index (κ1) is 31.1. The number of nitrogen functional groups attached to an aromatic ring is 1. The average molecular weight is 556 g/mol. The predicted octanol–water partition coefficient (Wildman–Crippen LogP) is 2.31. The number of carbonyl (C=O) groups is 2. The van der Waals surface area contributed by atoms with Gasteiger partial charge in [-0.15, -0.1) is 0 Å². The number of aliphatic hydroxyl groups is 2. The molecule has 0 spiro atoms. The van der Waals surface area contributed by atoms with Crippen LogP contribution in [0, 0.1) is 0 Å². The number of fused-ring (bicyclic) bond motifs is 2. The molecule has 2 aromatic heterocycles. The number of nitrogens with two attached hydrogens (primary N) is 1. The van der Waals surface area contributed by atoms with E-state index in [1.165, 1.54) is 25.1 Å². The van der Waals surface area contributed by atoms with E-state index in [4.69, 9.17) is 20.7 Å². The van der Waals surface area contributed by atoms with Gasteiger partial charge in [0, 0.05) is 32.8 Å². The van der Waals surface area contributed by atoms with Crippen molar-refractivity contribution in [2.45, 2.75) is 71.4 Å². The Morgan fingerprint density at radius 1 is 1.02 bits per heavy atom. The third-order valence-corrected chi connectivity index (χ3v) is 6.58. The number of anilines is 1. The highest BCUT2D eigenvalue weighted by Gasteiger charge is 2.34. The minimum atomic E-state index is -1.50. The van der Waals surface area contributed by atoms with Crippen molar-refractivity contribution in [1.82, 2.24) is 29.3 Å². The quantitative estimate of drug-likeness (QED) is 0.172. The molecule has 2 amide bonds. The van der Waals surface area contributed by atoms with E-state index in [0.29, 0.717) is 41.6 Å². The topological polar surface area (TPSA) is 160 Å². The summed E-state index contributed by atoms with van der Waals surface area (Å²) in [5.74, 6) is -1.50. The number of unbranched alkanes of at least 4 members (excludes halogenated alkanes) is 1. The third-order valence-electron chi connectivity index (χ3n) is 6.58. The second-order valence-electron chi connectivity index (χ2n) is 10.6. The van der Waals surface area contributed by atoms with Crippen LogP contribution < -0.4 is 5.73 Å². The van der Waals surface area contributed by atoms with Gasteiger partial charge >= 0.3 is 0 Å². The van der Waals surface area contributed by atoms with Gasteiger partial charge in [-0.3, -0.25) is 19.4 Å². The van der Waals surface area contributed by atoms with Crippen LogP contribution in [0.25, 0.3) is 11.2 Å². The lowest BCUT2D eigenvalue weighted by Crippen LogP contribution is -2.39. The largest absolute Gasteiger partial charge is 0.382 e. The zero-order valence-corrected chi connectivity index (χ0v) is 23.9. The Labute approximate surface area is 234 Å². The molecule has 0 fully saturated rings. The van der Waals surface area contributed by atoms with Crippen LogP contribution in [0.5, 0.6) is 0 Å². The number of methoxy groups -OCH3 is 1. The van der Waals surface area contributed by atoms with Crippen LogP contribution in [0.1, 0.15) is 67.7 Å². The number of ether oxygens (including phenoxy) is 1. The highest BCUT2D eigenvalue weighted by molar-refractivity contribution is 6.21. The molecule has 0 saturated carbocycles. The molecule has 0 bridgehead atoms. The Bertz CT molecular complexity index is 1250. The van der Waals surface area contributed by atoms with Gasteiger partial charge in [-0.1, -0.05) is 12.1 Å². The lowest BCUT2D eigenvalue weighted by molar-refractivity contribution is -0.127. The Morgan fingerprint density at radius 3 is 2.23 bits per heavy atom. The van der Waals surface area contributed by atoms with Gasteiger partial charge in [0.1, 0.15) is 11.8 Å². The molecule has 4 rings (SSSR count). The molecular weight excluding hydrogens is 514 g/mol. The van der Waals surface area contributed by atoms with Crippen molar-refractivity contribution in [1.29, 1.82) is 0 Å². The molecular formula is C28H41N7O5. The number of hydrogen-bond donors (Lipinski definition) is 3. The fourth-order valence-corrected chi connectivity index (χ4v) is 4.48. The van der Waals surface area contributed by atoms with E-state index in [9.17, 15) is 9.59 Å². The molecule has 0 radical (unpaired) electrons. The number of carbonyl (C=O) groups excluding carboxylic acids is 2. The lowest BCUT2D eigenvalue weighted by Gasteiger charge is -2.30. The van der Waals surface area contributed by atoms with Gasteiger partial charge in [-0.05, 0) is 65.6 Å². The van der Waals surface area contributed by atoms with Crippen LogP contribution in [0.15, 0.2) is 36.9 Å². The SMILES string of the molecule is CC(C)(O)O.COC(CCn1cnc2c(N)ncnc21)CN(CCCCN1C(=O)c2ccccc2C1=O)C(C)C. The molecule has 12 nitrogen and oxygen atoms in total. The molecule has 218 valence electrons. The van der Waals surface area contributed by atoms with Crippen molar-refractivity contribution in [3.63, 3.8) is 0 Å². The summed E-state index contributed by atoms with van der Waals surface area (Å²) in [5, 5.41) is 16.2. The van der Waals surface area contributed by atoms with E-state index >= 15 is 0 Å². The van der Waals surface area contributed by atoms with Crippen molar-refractivity contribution in [2.24, 2.45) is 0 Å². The summed E-state index contributed by atoms with van der Waals surface area (Å²) in [6.07, 6.45) is 5.65. The fourth-order valence-electron chi connectivity index (χ4n) is 4.48. The third kappa shape index (κ3) is 8.28. The van der Waals surface area contributed by atoms with E-state index < -0.39 is 5.79 Å². The van der Waals surface area contributed by atoms with Crippen LogP contribution in [-0.2, 0) is 11.3 Å². The molecule has 1 aliphatic rings. The summed E-state index contributed by atoms with van der Waals surface area (Å²) in [7, 11) is 1.73. The number of benzene rings is 1. The lowest BCUT2D eigenvalue weighted by atomic mass is 10.1. The first-order valence-corrected chi connectivity index (χ1v) is 13.5. The number of aromatic nitrogens is 4. The monoisotopic (exact) mass is 555 g/mol.